The number of ether oxygens (including phenoxy) is 3. The normalized spacial score (nSPS) is 19.4. The van der Waals surface area contributed by atoms with Crippen LogP contribution < -0.4 is 5.32 Å². The molecule has 7 nitrogen and oxygen atoms in total. The standard InChI is InChI=1S/C26H32N2O5/c1-17-22(25(29)32-15-14-31-3)24(21-13-9-8-10-19(21)16-27)23(18(2)28-17)26(30)33-20-11-6-4-5-7-12-20/h8-10,13,20,24,28H,4-7,11-12,14-15H2,1-3H3. The number of benzene rings is 1. The van der Waals surface area contributed by atoms with E-state index in [2.05, 4.69) is 11.4 Å². The first kappa shape index (κ1) is 24.5. The Hall–Kier alpha value is -3.11. The number of allylic oxidation sites excluding steroid dienone is 2. The Morgan fingerprint density at radius 2 is 1.64 bits per heavy atom. The zero-order valence-corrected chi connectivity index (χ0v) is 19.6. The minimum Gasteiger partial charge on any atom is -0.460 e. The number of dihydropyridines is 1. The second-order valence-electron chi connectivity index (χ2n) is 8.48. The Morgan fingerprint density at radius 1 is 1.00 bits per heavy atom. The van der Waals surface area contributed by atoms with Gasteiger partial charge in [-0.25, -0.2) is 9.59 Å². The average molecular weight is 453 g/mol. The predicted octanol–water partition coefficient (Wildman–Crippen LogP) is 4.25. The van der Waals surface area contributed by atoms with Crippen molar-refractivity contribution >= 4 is 11.9 Å². The minimum atomic E-state index is -0.768. The fraction of sp³-hybridized carbons (Fsp3) is 0.500. The van der Waals surface area contributed by atoms with E-state index >= 15 is 0 Å². The smallest absolute Gasteiger partial charge is 0.337 e. The van der Waals surface area contributed by atoms with Gasteiger partial charge in [-0.3, -0.25) is 0 Å². The summed E-state index contributed by atoms with van der Waals surface area (Å²) in [5.41, 5.74) is 2.80. The molecule has 3 rings (SSSR count). The first-order valence-electron chi connectivity index (χ1n) is 11.5. The number of nitriles is 1. The van der Waals surface area contributed by atoms with Crippen molar-refractivity contribution in [2.24, 2.45) is 0 Å². The zero-order valence-electron chi connectivity index (χ0n) is 19.6. The van der Waals surface area contributed by atoms with E-state index in [4.69, 9.17) is 14.2 Å². The third kappa shape index (κ3) is 5.82. The van der Waals surface area contributed by atoms with Gasteiger partial charge in [-0.15, -0.1) is 0 Å². The third-order valence-electron chi connectivity index (χ3n) is 6.19. The second-order valence-corrected chi connectivity index (χ2v) is 8.48. The van der Waals surface area contributed by atoms with Gasteiger partial charge in [-0.2, -0.15) is 5.26 Å². The van der Waals surface area contributed by atoms with Gasteiger partial charge >= 0.3 is 11.9 Å². The fourth-order valence-corrected chi connectivity index (χ4v) is 4.57. The monoisotopic (exact) mass is 452 g/mol. The van der Waals surface area contributed by atoms with Crippen LogP contribution in [0.15, 0.2) is 46.8 Å². The number of nitrogens with one attached hydrogen (secondary N) is 1. The van der Waals surface area contributed by atoms with Gasteiger partial charge in [0.25, 0.3) is 0 Å². The molecule has 7 heteroatoms. The highest BCUT2D eigenvalue weighted by molar-refractivity contribution is 6.00. The molecule has 1 N–H and O–H groups in total. The lowest BCUT2D eigenvalue weighted by molar-refractivity contribution is -0.145. The summed E-state index contributed by atoms with van der Waals surface area (Å²) in [6.45, 7) is 3.91. The summed E-state index contributed by atoms with van der Waals surface area (Å²) in [5, 5.41) is 12.9. The van der Waals surface area contributed by atoms with Crippen LogP contribution in [0.1, 0.15) is 69.4 Å². The molecule has 1 atom stereocenters. The van der Waals surface area contributed by atoms with Gasteiger partial charge in [0.2, 0.25) is 0 Å². The molecule has 0 radical (unpaired) electrons. The summed E-state index contributed by atoms with van der Waals surface area (Å²) in [5.74, 6) is -1.78. The van der Waals surface area contributed by atoms with Crippen LogP contribution in [0.25, 0.3) is 0 Å². The van der Waals surface area contributed by atoms with E-state index in [1.165, 1.54) is 7.11 Å². The molecule has 0 aromatic heterocycles. The number of carbonyl (C=O) groups excluding carboxylic acids is 2. The lowest BCUT2D eigenvalue weighted by Gasteiger charge is -2.31. The first-order chi connectivity index (χ1) is 16.0. The summed E-state index contributed by atoms with van der Waals surface area (Å²) < 4.78 is 16.4. The number of hydrogen-bond donors (Lipinski definition) is 1. The minimum absolute atomic E-state index is 0.0866. The Bertz CT molecular complexity index is 981. The number of nitrogens with zero attached hydrogens (tertiary/aromatic N) is 1. The van der Waals surface area contributed by atoms with Gasteiger partial charge in [0, 0.05) is 18.5 Å². The highest BCUT2D eigenvalue weighted by Gasteiger charge is 2.39. The maximum absolute atomic E-state index is 13.5. The molecule has 1 fully saturated rings. The summed E-state index contributed by atoms with van der Waals surface area (Å²) >= 11 is 0. The number of methoxy groups -OCH3 is 1. The van der Waals surface area contributed by atoms with Crippen molar-refractivity contribution in [2.75, 3.05) is 20.3 Å². The largest absolute Gasteiger partial charge is 0.460 e. The molecule has 0 saturated heterocycles. The number of carbonyl (C=O) groups is 2. The zero-order chi connectivity index (χ0) is 23.8. The molecule has 1 aromatic carbocycles. The lowest BCUT2D eigenvalue weighted by atomic mass is 9.78. The molecular formula is C26H32N2O5. The third-order valence-corrected chi connectivity index (χ3v) is 6.19. The number of esters is 2. The van der Waals surface area contributed by atoms with E-state index in [0.29, 0.717) is 33.7 Å². The van der Waals surface area contributed by atoms with Crippen LogP contribution in [0.3, 0.4) is 0 Å². The van der Waals surface area contributed by atoms with Gasteiger partial charge in [0.1, 0.15) is 12.7 Å². The van der Waals surface area contributed by atoms with Crippen molar-refractivity contribution in [2.45, 2.75) is 64.4 Å². The highest BCUT2D eigenvalue weighted by Crippen LogP contribution is 2.41. The Morgan fingerprint density at radius 3 is 2.27 bits per heavy atom. The van der Waals surface area contributed by atoms with E-state index in [9.17, 15) is 14.9 Å². The topological polar surface area (TPSA) is 97.7 Å². The molecule has 33 heavy (non-hydrogen) atoms. The van der Waals surface area contributed by atoms with Crippen LogP contribution in [0, 0.1) is 11.3 Å². The summed E-state index contributed by atoms with van der Waals surface area (Å²) in [6.07, 6.45) is 5.90. The fourth-order valence-electron chi connectivity index (χ4n) is 4.57. The van der Waals surface area contributed by atoms with Crippen LogP contribution in [-0.4, -0.2) is 38.4 Å². The second kappa shape index (κ2) is 11.7. The van der Waals surface area contributed by atoms with E-state index in [0.717, 1.165) is 38.5 Å². The van der Waals surface area contributed by atoms with Crippen LogP contribution in [0.5, 0.6) is 0 Å². The Balaban J connectivity index is 2.02. The first-order valence-corrected chi connectivity index (χ1v) is 11.5. The van der Waals surface area contributed by atoms with Gasteiger partial charge in [0.05, 0.1) is 35.3 Å². The summed E-state index contributed by atoms with van der Waals surface area (Å²) in [6, 6.07) is 9.21. The molecular weight excluding hydrogens is 420 g/mol. The number of rotatable bonds is 7. The van der Waals surface area contributed by atoms with Crippen molar-refractivity contribution in [1.82, 2.24) is 5.32 Å². The molecule has 1 saturated carbocycles. The maximum Gasteiger partial charge on any atom is 0.337 e. The number of hydrogen-bond acceptors (Lipinski definition) is 7. The van der Waals surface area contributed by atoms with Crippen LogP contribution >= 0.6 is 0 Å². The molecule has 0 amide bonds. The lowest BCUT2D eigenvalue weighted by Crippen LogP contribution is -2.34. The van der Waals surface area contributed by atoms with Crippen molar-refractivity contribution in [3.05, 3.63) is 57.9 Å². The van der Waals surface area contributed by atoms with E-state index < -0.39 is 17.9 Å². The molecule has 2 aliphatic rings. The summed E-state index contributed by atoms with van der Waals surface area (Å²) in [7, 11) is 1.53. The van der Waals surface area contributed by atoms with Crippen molar-refractivity contribution in [1.29, 1.82) is 5.26 Å². The van der Waals surface area contributed by atoms with Crippen molar-refractivity contribution in [3.8, 4) is 6.07 Å². The Kier molecular flexibility index (Phi) is 8.67. The molecule has 1 heterocycles. The molecule has 1 unspecified atom stereocenters. The molecule has 176 valence electrons. The van der Waals surface area contributed by atoms with Crippen LogP contribution in [-0.2, 0) is 23.8 Å². The summed E-state index contributed by atoms with van der Waals surface area (Å²) in [4.78, 5) is 26.7. The van der Waals surface area contributed by atoms with Crippen molar-refractivity contribution < 1.29 is 23.8 Å². The van der Waals surface area contributed by atoms with E-state index in [1.807, 2.05) is 0 Å². The SMILES string of the molecule is COCCOC(=O)C1=C(C)NC(C)=C(C(=O)OC2CCCCCC2)C1c1ccccc1C#N. The molecule has 1 aromatic rings. The molecule has 0 spiro atoms. The molecule has 1 aliphatic carbocycles. The van der Waals surface area contributed by atoms with Gasteiger partial charge in [-0.05, 0) is 51.2 Å². The predicted molar refractivity (Wildman–Crippen MR) is 123 cm³/mol. The Labute approximate surface area is 195 Å². The van der Waals surface area contributed by atoms with Crippen LogP contribution in [0.2, 0.25) is 0 Å². The van der Waals surface area contributed by atoms with Crippen molar-refractivity contribution in [3.63, 3.8) is 0 Å². The maximum atomic E-state index is 13.5. The molecule has 0 bridgehead atoms. The van der Waals surface area contributed by atoms with Gasteiger partial charge < -0.3 is 19.5 Å². The van der Waals surface area contributed by atoms with Gasteiger partial charge in [-0.1, -0.05) is 31.0 Å². The molecule has 1 aliphatic heterocycles. The highest BCUT2D eigenvalue weighted by atomic mass is 16.6. The quantitative estimate of drug-likeness (QED) is 0.375. The van der Waals surface area contributed by atoms with E-state index in [-0.39, 0.29) is 19.3 Å². The average Bonchev–Trinajstić information content (AvgIpc) is 3.07. The van der Waals surface area contributed by atoms with Crippen LogP contribution in [0.4, 0.5) is 0 Å². The van der Waals surface area contributed by atoms with Gasteiger partial charge in [0.15, 0.2) is 0 Å². The van der Waals surface area contributed by atoms with E-state index in [1.54, 1.807) is 38.1 Å².